The molecular formula is C30H27F2NO2. The van der Waals surface area contributed by atoms with Crippen molar-refractivity contribution in [3.63, 3.8) is 0 Å². The van der Waals surface area contributed by atoms with Gasteiger partial charge >= 0.3 is 5.97 Å². The van der Waals surface area contributed by atoms with Gasteiger partial charge in [-0.2, -0.15) is 0 Å². The molecule has 0 aliphatic heterocycles. The second-order valence-corrected chi connectivity index (χ2v) is 8.64. The van der Waals surface area contributed by atoms with Gasteiger partial charge in [-0.15, -0.1) is 0 Å². The molecule has 0 radical (unpaired) electrons. The van der Waals surface area contributed by atoms with Crippen LogP contribution in [0.1, 0.15) is 42.1 Å². The fourth-order valence-corrected chi connectivity index (χ4v) is 4.47. The molecular weight excluding hydrogens is 444 g/mol. The molecule has 0 spiro atoms. The van der Waals surface area contributed by atoms with Gasteiger partial charge in [0, 0.05) is 24.7 Å². The van der Waals surface area contributed by atoms with Crippen molar-refractivity contribution in [1.29, 1.82) is 0 Å². The van der Waals surface area contributed by atoms with Gasteiger partial charge in [-0.25, -0.2) is 8.78 Å². The maximum atomic E-state index is 13.9. The molecule has 4 aromatic rings. The van der Waals surface area contributed by atoms with Crippen molar-refractivity contribution in [1.82, 2.24) is 4.90 Å². The summed E-state index contributed by atoms with van der Waals surface area (Å²) < 4.78 is 27.8. The van der Waals surface area contributed by atoms with E-state index in [4.69, 9.17) is 0 Å². The van der Waals surface area contributed by atoms with Gasteiger partial charge in [0.05, 0.1) is 6.42 Å². The number of carboxylic acid groups (broad SMARTS) is 1. The minimum absolute atomic E-state index is 0.0870. The van der Waals surface area contributed by atoms with Gasteiger partial charge in [-0.05, 0) is 52.9 Å². The SMILES string of the molecule is C[C@H](c1ccccc1)N(Cc1ccccc1)[C@@H](CC(=O)O)c1cccc(-c2cc(F)cc(F)c2)c1. The molecule has 0 aromatic heterocycles. The number of nitrogens with zero attached hydrogens (tertiary/aromatic N) is 1. The first-order chi connectivity index (χ1) is 16.9. The summed E-state index contributed by atoms with van der Waals surface area (Å²) in [4.78, 5) is 14.2. The Balaban J connectivity index is 1.79. The van der Waals surface area contributed by atoms with Crippen LogP contribution < -0.4 is 0 Å². The average molecular weight is 472 g/mol. The molecule has 2 atom stereocenters. The Morgan fingerprint density at radius 1 is 0.771 bits per heavy atom. The van der Waals surface area contributed by atoms with E-state index in [0.717, 1.165) is 22.8 Å². The van der Waals surface area contributed by atoms with Gasteiger partial charge in [0.25, 0.3) is 0 Å². The predicted octanol–water partition coefficient (Wildman–Crippen LogP) is 7.41. The van der Waals surface area contributed by atoms with Crippen LogP contribution in [0.2, 0.25) is 0 Å². The zero-order valence-corrected chi connectivity index (χ0v) is 19.4. The molecule has 35 heavy (non-hydrogen) atoms. The molecule has 0 bridgehead atoms. The number of aliphatic carboxylic acids is 1. The van der Waals surface area contributed by atoms with Gasteiger partial charge in [-0.3, -0.25) is 9.69 Å². The third-order valence-electron chi connectivity index (χ3n) is 6.22. The molecule has 0 heterocycles. The number of carboxylic acids is 1. The van der Waals surface area contributed by atoms with E-state index in [1.165, 1.54) is 12.1 Å². The topological polar surface area (TPSA) is 40.5 Å². The monoisotopic (exact) mass is 471 g/mol. The standard InChI is InChI=1S/C30H27F2NO2/c1-21(23-11-6-3-7-12-23)33(20-22-9-4-2-5-10-22)29(19-30(34)35)25-14-8-13-24(15-25)26-16-27(31)18-28(32)17-26/h2-18,21,29H,19-20H2,1H3,(H,34,35)/t21-,29+/m1/s1. The van der Waals surface area contributed by atoms with Crippen LogP contribution in [0.5, 0.6) is 0 Å². The number of halogens is 2. The van der Waals surface area contributed by atoms with E-state index in [0.29, 0.717) is 17.7 Å². The summed E-state index contributed by atoms with van der Waals surface area (Å²) in [7, 11) is 0. The van der Waals surface area contributed by atoms with Crippen LogP contribution in [0.25, 0.3) is 11.1 Å². The molecule has 0 unspecified atom stereocenters. The van der Waals surface area contributed by atoms with E-state index in [2.05, 4.69) is 11.8 Å². The highest BCUT2D eigenvalue weighted by Gasteiger charge is 2.28. The van der Waals surface area contributed by atoms with Crippen molar-refractivity contribution in [3.8, 4) is 11.1 Å². The van der Waals surface area contributed by atoms with Crippen LogP contribution in [0.15, 0.2) is 103 Å². The summed E-state index contributed by atoms with van der Waals surface area (Å²) in [5.41, 5.74) is 3.94. The lowest BCUT2D eigenvalue weighted by Crippen LogP contribution is -2.32. The molecule has 4 rings (SSSR count). The van der Waals surface area contributed by atoms with Crippen LogP contribution >= 0.6 is 0 Å². The average Bonchev–Trinajstić information content (AvgIpc) is 2.86. The molecule has 178 valence electrons. The summed E-state index contributed by atoms with van der Waals surface area (Å²) in [5.74, 6) is -2.23. The fourth-order valence-electron chi connectivity index (χ4n) is 4.47. The number of hydrogen-bond acceptors (Lipinski definition) is 2. The normalized spacial score (nSPS) is 12.9. The molecule has 0 fully saturated rings. The Morgan fingerprint density at radius 3 is 2.00 bits per heavy atom. The molecule has 0 aliphatic carbocycles. The summed E-state index contributed by atoms with van der Waals surface area (Å²) in [6, 6.07) is 30.0. The smallest absolute Gasteiger partial charge is 0.305 e. The second kappa shape index (κ2) is 11.1. The van der Waals surface area contributed by atoms with Crippen molar-refractivity contribution in [2.24, 2.45) is 0 Å². The minimum Gasteiger partial charge on any atom is -0.481 e. The van der Waals surface area contributed by atoms with Crippen LogP contribution in [0.4, 0.5) is 8.78 Å². The lowest BCUT2D eigenvalue weighted by molar-refractivity contribution is -0.138. The van der Waals surface area contributed by atoms with E-state index < -0.39 is 23.6 Å². The molecule has 4 aromatic carbocycles. The first kappa shape index (κ1) is 24.3. The zero-order chi connectivity index (χ0) is 24.8. The third kappa shape index (κ3) is 6.19. The van der Waals surface area contributed by atoms with Crippen LogP contribution in [0.3, 0.4) is 0 Å². The van der Waals surface area contributed by atoms with E-state index in [1.807, 2.05) is 72.8 Å². The van der Waals surface area contributed by atoms with Crippen molar-refractivity contribution in [3.05, 3.63) is 131 Å². The van der Waals surface area contributed by atoms with Crippen molar-refractivity contribution < 1.29 is 18.7 Å². The van der Waals surface area contributed by atoms with Crippen LogP contribution in [-0.2, 0) is 11.3 Å². The minimum atomic E-state index is -0.921. The number of carbonyl (C=O) groups is 1. The Morgan fingerprint density at radius 2 is 1.37 bits per heavy atom. The third-order valence-corrected chi connectivity index (χ3v) is 6.22. The van der Waals surface area contributed by atoms with E-state index >= 15 is 0 Å². The molecule has 3 nitrogen and oxygen atoms in total. The van der Waals surface area contributed by atoms with E-state index in [9.17, 15) is 18.7 Å². The second-order valence-electron chi connectivity index (χ2n) is 8.64. The van der Waals surface area contributed by atoms with Gasteiger partial charge < -0.3 is 5.11 Å². The highest BCUT2D eigenvalue weighted by molar-refractivity contribution is 5.69. The summed E-state index contributed by atoms with van der Waals surface area (Å²) in [5, 5.41) is 9.85. The van der Waals surface area contributed by atoms with Gasteiger partial charge in [0.1, 0.15) is 11.6 Å². The summed E-state index contributed by atoms with van der Waals surface area (Å²) in [6.07, 6.45) is -0.120. The van der Waals surface area contributed by atoms with Crippen LogP contribution in [-0.4, -0.2) is 16.0 Å². The van der Waals surface area contributed by atoms with Crippen molar-refractivity contribution in [2.45, 2.75) is 32.0 Å². The highest BCUT2D eigenvalue weighted by atomic mass is 19.1. The lowest BCUT2D eigenvalue weighted by Gasteiger charge is -2.37. The van der Waals surface area contributed by atoms with Gasteiger partial charge in [0.15, 0.2) is 0 Å². The molecule has 0 saturated heterocycles. The Bertz CT molecular complexity index is 1260. The van der Waals surface area contributed by atoms with Crippen molar-refractivity contribution >= 4 is 5.97 Å². The molecule has 1 N–H and O–H groups in total. The molecule has 0 amide bonds. The maximum absolute atomic E-state index is 13.9. The number of benzene rings is 4. The quantitative estimate of drug-likeness (QED) is 0.276. The largest absolute Gasteiger partial charge is 0.481 e. The Kier molecular flexibility index (Phi) is 7.68. The lowest BCUT2D eigenvalue weighted by atomic mass is 9.94. The highest BCUT2D eigenvalue weighted by Crippen LogP contribution is 2.36. The first-order valence-corrected chi connectivity index (χ1v) is 11.5. The van der Waals surface area contributed by atoms with Crippen LogP contribution in [0, 0.1) is 11.6 Å². The van der Waals surface area contributed by atoms with E-state index in [1.54, 1.807) is 12.1 Å². The fraction of sp³-hybridized carbons (Fsp3) is 0.167. The zero-order valence-electron chi connectivity index (χ0n) is 19.4. The van der Waals surface area contributed by atoms with Crippen molar-refractivity contribution in [2.75, 3.05) is 0 Å². The Hall–Kier alpha value is -3.83. The molecule has 0 saturated carbocycles. The maximum Gasteiger partial charge on any atom is 0.305 e. The van der Waals surface area contributed by atoms with Gasteiger partial charge in [-0.1, -0.05) is 78.9 Å². The Labute approximate surface area is 204 Å². The number of hydrogen-bond donors (Lipinski definition) is 1. The first-order valence-electron chi connectivity index (χ1n) is 11.5. The van der Waals surface area contributed by atoms with E-state index in [-0.39, 0.29) is 12.5 Å². The molecule has 5 heteroatoms. The summed E-state index contributed by atoms with van der Waals surface area (Å²) >= 11 is 0. The molecule has 0 aliphatic rings. The van der Waals surface area contributed by atoms with Gasteiger partial charge in [0.2, 0.25) is 0 Å². The number of rotatable bonds is 9. The predicted molar refractivity (Wildman–Crippen MR) is 134 cm³/mol. The summed E-state index contributed by atoms with van der Waals surface area (Å²) in [6.45, 7) is 2.60.